The smallest absolute Gasteiger partial charge is 0.227 e. The molecule has 1 atom stereocenters. The molecule has 0 fully saturated rings. The predicted molar refractivity (Wildman–Crippen MR) is 154 cm³/mol. The fourth-order valence-electron chi connectivity index (χ4n) is 5.14. The van der Waals surface area contributed by atoms with E-state index in [-0.39, 0.29) is 5.78 Å². The zero-order valence-corrected chi connectivity index (χ0v) is 24.1. The van der Waals surface area contributed by atoms with Gasteiger partial charge in [-0.2, -0.15) is 0 Å². The van der Waals surface area contributed by atoms with E-state index in [2.05, 4.69) is 13.8 Å². The first-order valence-corrected chi connectivity index (χ1v) is 16.0. The Morgan fingerprint density at radius 3 is 1.06 bits per heavy atom. The molecule has 35 heavy (non-hydrogen) atoms. The summed E-state index contributed by atoms with van der Waals surface area (Å²) >= 11 is 0. The average Bonchev–Trinajstić information content (AvgIpc) is 2.84. The van der Waals surface area contributed by atoms with Gasteiger partial charge in [0.15, 0.2) is 0 Å². The molecule has 3 nitrogen and oxygen atoms in total. The van der Waals surface area contributed by atoms with Crippen LogP contribution in [-0.4, -0.2) is 11.7 Å². The summed E-state index contributed by atoms with van der Waals surface area (Å²) in [5.74, 6) is -0.869. The van der Waals surface area contributed by atoms with Crippen molar-refractivity contribution in [3.63, 3.8) is 0 Å². The number of Topliss-reactive ketones (excluding diaryl/α,β-unsaturated/α-hetero) is 1. The fraction of sp³-hybridized carbons (Fsp3) is 0.938. The number of amides is 1. The molecular formula is C32H63NO2. The van der Waals surface area contributed by atoms with Gasteiger partial charge in [0, 0.05) is 6.42 Å². The van der Waals surface area contributed by atoms with E-state index >= 15 is 0 Å². The van der Waals surface area contributed by atoms with Crippen LogP contribution >= 0.6 is 0 Å². The summed E-state index contributed by atoms with van der Waals surface area (Å²) in [6.07, 6.45) is 33.6. The van der Waals surface area contributed by atoms with Crippen LogP contribution in [0.1, 0.15) is 187 Å². The summed E-state index contributed by atoms with van der Waals surface area (Å²) in [4.78, 5) is 24.3. The average molecular weight is 494 g/mol. The molecule has 0 spiro atoms. The summed E-state index contributed by atoms with van der Waals surface area (Å²) in [5, 5.41) is 0. The summed E-state index contributed by atoms with van der Waals surface area (Å²) in [6.45, 7) is 4.54. The van der Waals surface area contributed by atoms with Gasteiger partial charge < -0.3 is 5.73 Å². The zero-order chi connectivity index (χ0) is 25.8. The third-order valence-corrected chi connectivity index (χ3v) is 7.61. The zero-order valence-electron chi connectivity index (χ0n) is 24.1. The number of nitrogens with two attached hydrogens (primary N) is 1. The van der Waals surface area contributed by atoms with Gasteiger partial charge in [-0.3, -0.25) is 9.59 Å². The Morgan fingerprint density at radius 2 is 0.743 bits per heavy atom. The number of primary amides is 1. The lowest BCUT2D eigenvalue weighted by Crippen LogP contribution is -2.30. The monoisotopic (exact) mass is 493 g/mol. The third-order valence-electron chi connectivity index (χ3n) is 7.61. The van der Waals surface area contributed by atoms with Gasteiger partial charge in [-0.15, -0.1) is 0 Å². The second kappa shape index (κ2) is 27.7. The van der Waals surface area contributed by atoms with Gasteiger partial charge in [0.25, 0.3) is 0 Å². The highest BCUT2D eigenvalue weighted by Crippen LogP contribution is 2.18. The molecule has 0 aromatic carbocycles. The Bertz CT molecular complexity index is 462. The molecule has 0 saturated heterocycles. The quantitative estimate of drug-likeness (QED) is 0.0832. The van der Waals surface area contributed by atoms with Crippen LogP contribution in [0.25, 0.3) is 0 Å². The molecule has 0 aromatic heterocycles. The van der Waals surface area contributed by atoms with Gasteiger partial charge in [-0.1, -0.05) is 168 Å². The van der Waals surface area contributed by atoms with E-state index < -0.39 is 11.8 Å². The number of carbonyl (C=O) groups excluding carboxylic acids is 2. The molecular weight excluding hydrogens is 430 g/mol. The second-order valence-electron chi connectivity index (χ2n) is 11.1. The maximum Gasteiger partial charge on any atom is 0.227 e. The molecule has 2 N–H and O–H groups in total. The maximum atomic E-state index is 12.5. The molecule has 0 aromatic rings. The summed E-state index contributed by atoms with van der Waals surface area (Å²) < 4.78 is 0. The van der Waals surface area contributed by atoms with Gasteiger partial charge in [-0.05, 0) is 12.8 Å². The van der Waals surface area contributed by atoms with Crippen molar-refractivity contribution < 1.29 is 9.59 Å². The molecule has 1 unspecified atom stereocenters. The Kier molecular flexibility index (Phi) is 27.0. The lowest BCUT2D eigenvalue weighted by atomic mass is 9.92. The predicted octanol–water partition coefficient (Wildman–Crippen LogP) is 10.2. The van der Waals surface area contributed by atoms with Gasteiger partial charge in [-0.25, -0.2) is 0 Å². The van der Waals surface area contributed by atoms with Gasteiger partial charge in [0.1, 0.15) is 5.78 Å². The van der Waals surface area contributed by atoms with E-state index in [9.17, 15) is 9.59 Å². The number of hydrogen-bond acceptors (Lipinski definition) is 2. The fourth-order valence-corrected chi connectivity index (χ4v) is 5.14. The first kappa shape index (κ1) is 34.1. The Balaban J connectivity index is 3.57. The maximum absolute atomic E-state index is 12.5. The van der Waals surface area contributed by atoms with E-state index in [0.29, 0.717) is 12.8 Å². The SMILES string of the molecule is CCCCCCCCCCCCCCCC(=O)C(CCCCCCCCCCCCCC)C(N)=O. The largest absolute Gasteiger partial charge is 0.369 e. The van der Waals surface area contributed by atoms with E-state index in [1.807, 2.05) is 0 Å². The summed E-state index contributed by atoms with van der Waals surface area (Å²) in [5.41, 5.74) is 5.56. The summed E-state index contributed by atoms with van der Waals surface area (Å²) in [6, 6.07) is 0. The lowest BCUT2D eigenvalue weighted by Gasteiger charge is -2.12. The van der Waals surface area contributed by atoms with Crippen LogP contribution in [0.3, 0.4) is 0 Å². The van der Waals surface area contributed by atoms with Gasteiger partial charge in [0.05, 0.1) is 5.92 Å². The minimum atomic E-state index is -0.546. The molecule has 0 rings (SSSR count). The molecule has 0 saturated carbocycles. The van der Waals surface area contributed by atoms with E-state index in [1.165, 1.54) is 135 Å². The topological polar surface area (TPSA) is 60.2 Å². The normalized spacial score (nSPS) is 12.2. The van der Waals surface area contributed by atoms with E-state index in [0.717, 1.165) is 25.7 Å². The van der Waals surface area contributed by atoms with Gasteiger partial charge >= 0.3 is 0 Å². The highest BCUT2D eigenvalue weighted by atomic mass is 16.2. The van der Waals surface area contributed by atoms with Crippen molar-refractivity contribution in [1.82, 2.24) is 0 Å². The highest BCUT2D eigenvalue weighted by molar-refractivity contribution is 6.00. The first-order chi connectivity index (χ1) is 17.1. The molecule has 1 amide bonds. The molecule has 0 aliphatic heterocycles. The lowest BCUT2D eigenvalue weighted by molar-refractivity contribution is -0.132. The van der Waals surface area contributed by atoms with Crippen molar-refractivity contribution in [1.29, 1.82) is 0 Å². The van der Waals surface area contributed by atoms with Crippen molar-refractivity contribution in [3.05, 3.63) is 0 Å². The van der Waals surface area contributed by atoms with Gasteiger partial charge in [0.2, 0.25) is 5.91 Å². The summed E-state index contributed by atoms with van der Waals surface area (Å²) in [7, 11) is 0. The number of rotatable bonds is 29. The van der Waals surface area contributed by atoms with Crippen molar-refractivity contribution >= 4 is 11.7 Å². The molecule has 0 heterocycles. The molecule has 0 radical (unpaired) electrons. The molecule has 0 bridgehead atoms. The minimum Gasteiger partial charge on any atom is -0.369 e. The number of ketones is 1. The van der Waals surface area contributed by atoms with Crippen molar-refractivity contribution in [2.24, 2.45) is 11.7 Å². The van der Waals surface area contributed by atoms with Crippen LogP contribution in [0.15, 0.2) is 0 Å². The Labute approximate surface area is 220 Å². The molecule has 3 heteroatoms. The van der Waals surface area contributed by atoms with Crippen LogP contribution in [0.2, 0.25) is 0 Å². The van der Waals surface area contributed by atoms with E-state index in [4.69, 9.17) is 5.73 Å². The standard InChI is InChI=1S/C32H63NO2/c1-3-5-7-9-11-13-15-17-19-21-23-25-27-29-31(34)30(32(33)35)28-26-24-22-20-18-16-14-12-10-8-6-4-2/h30H,3-29H2,1-2H3,(H2,33,35). The first-order valence-electron chi connectivity index (χ1n) is 16.0. The minimum absolute atomic E-state index is 0.0867. The van der Waals surface area contributed by atoms with Crippen molar-refractivity contribution in [2.75, 3.05) is 0 Å². The second-order valence-corrected chi connectivity index (χ2v) is 11.1. The van der Waals surface area contributed by atoms with Crippen LogP contribution in [-0.2, 0) is 9.59 Å². The molecule has 0 aliphatic carbocycles. The molecule has 0 aliphatic rings. The van der Waals surface area contributed by atoms with Crippen molar-refractivity contribution in [3.8, 4) is 0 Å². The number of hydrogen-bond donors (Lipinski definition) is 1. The molecule has 208 valence electrons. The third kappa shape index (κ3) is 24.6. The van der Waals surface area contributed by atoms with Crippen LogP contribution in [0.4, 0.5) is 0 Å². The highest BCUT2D eigenvalue weighted by Gasteiger charge is 2.22. The van der Waals surface area contributed by atoms with Crippen LogP contribution < -0.4 is 5.73 Å². The van der Waals surface area contributed by atoms with Crippen LogP contribution in [0, 0.1) is 5.92 Å². The number of unbranched alkanes of at least 4 members (excludes halogenated alkanes) is 23. The Hall–Kier alpha value is -0.860. The van der Waals surface area contributed by atoms with Crippen molar-refractivity contribution in [2.45, 2.75) is 187 Å². The Morgan fingerprint density at radius 1 is 0.457 bits per heavy atom. The number of carbonyl (C=O) groups is 2. The van der Waals surface area contributed by atoms with E-state index in [1.54, 1.807) is 0 Å². The van der Waals surface area contributed by atoms with Crippen LogP contribution in [0.5, 0.6) is 0 Å².